The second-order valence-electron chi connectivity index (χ2n) is 6.64. The average molecular weight is 437 g/mol. The van der Waals surface area contributed by atoms with Gasteiger partial charge in [0.2, 0.25) is 5.78 Å². The van der Waals surface area contributed by atoms with Gasteiger partial charge in [0, 0.05) is 6.54 Å². The molecule has 2 rings (SSSR count). The van der Waals surface area contributed by atoms with Crippen LogP contribution in [0.5, 0.6) is 0 Å². The smallest absolute Gasteiger partial charge is 0.329 e. The number of carbonyl (C=O) groups is 2. The lowest BCUT2D eigenvalue weighted by molar-refractivity contribution is -0.142. The zero-order chi connectivity index (χ0) is 22.5. The Labute approximate surface area is 172 Å². The van der Waals surface area contributed by atoms with Gasteiger partial charge < -0.3 is 10.5 Å². The Balaban J connectivity index is 2.02. The van der Waals surface area contributed by atoms with E-state index in [1.807, 2.05) is 11.9 Å². The molecule has 0 saturated carbocycles. The third-order valence-corrected chi connectivity index (χ3v) is 6.02. The van der Waals surface area contributed by atoms with Crippen LogP contribution < -0.4 is 17.0 Å². The molecule has 11 heteroatoms. The van der Waals surface area contributed by atoms with Gasteiger partial charge in [0.05, 0.1) is 17.1 Å². The summed E-state index contributed by atoms with van der Waals surface area (Å²) in [5.41, 5.74) is 4.46. The highest BCUT2D eigenvalue weighted by Crippen LogP contribution is 2.13. The molecule has 0 fully saturated rings. The highest BCUT2D eigenvalue weighted by molar-refractivity contribution is 7.91. The van der Waals surface area contributed by atoms with Gasteiger partial charge in [-0.15, -0.1) is 0 Å². The number of hydrogen-bond donors (Lipinski definition) is 2. The summed E-state index contributed by atoms with van der Waals surface area (Å²) >= 11 is 0. The number of ether oxygens (including phenoxy) is 1. The Bertz CT molecular complexity index is 1160. The molecular weight excluding hydrogens is 414 g/mol. The Kier molecular flexibility index (Phi) is 7.33. The summed E-state index contributed by atoms with van der Waals surface area (Å²) in [6, 6.07) is 6.17. The van der Waals surface area contributed by atoms with Gasteiger partial charge in [-0.25, -0.2) is 13.2 Å². The fourth-order valence-corrected chi connectivity index (χ4v) is 3.90. The molecular formula is C19H23N3O7S. The first-order valence-electron chi connectivity index (χ1n) is 9.17. The van der Waals surface area contributed by atoms with E-state index in [1.165, 1.54) is 12.1 Å². The predicted molar refractivity (Wildman–Crippen MR) is 109 cm³/mol. The Morgan fingerprint density at radius 1 is 1.17 bits per heavy atom. The monoisotopic (exact) mass is 437 g/mol. The van der Waals surface area contributed by atoms with Crippen molar-refractivity contribution in [2.75, 3.05) is 18.1 Å². The number of carbonyl (C=O) groups excluding carboxylic acids is 2. The number of H-pyrrole nitrogens is 1. The van der Waals surface area contributed by atoms with E-state index in [-0.39, 0.29) is 17.3 Å². The molecule has 0 bridgehead atoms. The number of rotatable bonds is 9. The van der Waals surface area contributed by atoms with Crippen LogP contribution >= 0.6 is 0 Å². The Morgan fingerprint density at radius 3 is 2.40 bits per heavy atom. The van der Waals surface area contributed by atoms with Crippen LogP contribution in [-0.2, 0) is 25.9 Å². The van der Waals surface area contributed by atoms with E-state index < -0.39 is 57.2 Å². The minimum atomic E-state index is -3.69. The van der Waals surface area contributed by atoms with Gasteiger partial charge in [0.15, 0.2) is 16.4 Å². The van der Waals surface area contributed by atoms with Gasteiger partial charge in [-0.3, -0.25) is 23.9 Å². The van der Waals surface area contributed by atoms with Gasteiger partial charge in [0.25, 0.3) is 5.56 Å². The molecule has 162 valence electrons. The zero-order valence-electron chi connectivity index (χ0n) is 16.6. The predicted octanol–water partition coefficient (Wildman–Crippen LogP) is 0.427. The average Bonchev–Trinajstić information content (AvgIpc) is 2.68. The molecule has 0 unspecified atom stereocenters. The number of benzene rings is 1. The van der Waals surface area contributed by atoms with Gasteiger partial charge in [-0.05, 0) is 25.5 Å². The number of ketones is 1. The number of sulfone groups is 1. The molecule has 0 aliphatic rings. The maximum atomic E-state index is 12.3. The molecule has 1 heterocycles. The summed E-state index contributed by atoms with van der Waals surface area (Å²) in [6.45, 7) is 2.99. The number of nitrogens with two attached hydrogens (primary N) is 1. The molecule has 0 aliphatic carbocycles. The Morgan fingerprint density at radius 2 is 1.80 bits per heavy atom. The maximum Gasteiger partial charge on any atom is 0.329 e. The van der Waals surface area contributed by atoms with Crippen LogP contribution in [-0.4, -0.2) is 42.1 Å². The number of nitrogen functional groups attached to an aromatic ring is 1. The summed E-state index contributed by atoms with van der Waals surface area (Å²) in [7, 11) is -3.69. The van der Waals surface area contributed by atoms with Crippen molar-refractivity contribution in [3.8, 4) is 0 Å². The highest BCUT2D eigenvalue weighted by Gasteiger charge is 2.22. The van der Waals surface area contributed by atoms with Gasteiger partial charge in [-0.1, -0.05) is 24.6 Å². The largest absolute Gasteiger partial charge is 0.457 e. The number of nitrogens with one attached hydrogen (secondary N) is 1. The fourth-order valence-electron chi connectivity index (χ4n) is 2.67. The van der Waals surface area contributed by atoms with Crippen LogP contribution in [0.4, 0.5) is 5.82 Å². The molecule has 0 spiro atoms. The molecule has 1 aromatic heterocycles. The molecule has 1 aromatic carbocycles. The van der Waals surface area contributed by atoms with Gasteiger partial charge in [0.1, 0.15) is 11.4 Å². The topological polar surface area (TPSA) is 158 Å². The van der Waals surface area contributed by atoms with Crippen molar-refractivity contribution in [2.24, 2.45) is 0 Å². The van der Waals surface area contributed by atoms with Crippen molar-refractivity contribution in [2.45, 2.75) is 38.1 Å². The number of anilines is 1. The van der Waals surface area contributed by atoms with E-state index in [0.29, 0.717) is 6.42 Å². The van der Waals surface area contributed by atoms with E-state index in [1.54, 1.807) is 19.1 Å². The van der Waals surface area contributed by atoms with Crippen molar-refractivity contribution < 1.29 is 22.7 Å². The second-order valence-corrected chi connectivity index (χ2v) is 8.75. The Hall–Kier alpha value is -3.21. The summed E-state index contributed by atoms with van der Waals surface area (Å²) in [5, 5.41) is 0. The first-order valence-corrected chi connectivity index (χ1v) is 10.8. The standard InChI is InChI=1S/C19H23N3O7S/c1-3-9-22-17(20)16(18(25)21-19(22)26)14(23)11-29-15(24)8-10-30(27,28)13-6-4-12(2)5-7-13/h4-7H,3,8-11,20H2,1-2H3,(H,21,25,26). The minimum absolute atomic E-state index is 0.0782. The highest BCUT2D eigenvalue weighted by atomic mass is 32.2. The number of aromatic amines is 1. The zero-order valence-corrected chi connectivity index (χ0v) is 17.5. The second kappa shape index (κ2) is 9.53. The first-order chi connectivity index (χ1) is 14.1. The van der Waals surface area contributed by atoms with Crippen molar-refractivity contribution in [3.05, 3.63) is 56.2 Å². The van der Waals surface area contributed by atoms with E-state index in [4.69, 9.17) is 10.5 Å². The summed E-state index contributed by atoms with van der Waals surface area (Å²) in [4.78, 5) is 50.0. The molecule has 0 radical (unpaired) electrons. The van der Waals surface area contributed by atoms with Crippen molar-refractivity contribution in [1.29, 1.82) is 0 Å². The third kappa shape index (κ3) is 5.44. The van der Waals surface area contributed by atoms with Crippen molar-refractivity contribution >= 4 is 27.4 Å². The lowest BCUT2D eigenvalue weighted by Crippen LogP contribution is -2.37. The van der Waals surface area contributed by atoms with Crippen LogP contribution in [0.15, 0.2) is 38.8 Å². The molecule has 0 amide bonds. The lowest BCUT2D eigenvalue weighted by Gasteiger charge is -2.11. The van der Waals surface area contributed by atoms with Crippen LogP contribution in [0.2, 0.25) is 0 Å². The van der Waals surface area contributed by atoms with Crippen molar-refractivity contribution in [1.82, 2.24) is 9.55 Å². The molecule has 30 heavy (non-hydrogen) atoms. The summed E-state index contributed by atoms with van der Waals surface area (Å²) < 4.78 is 30.4. The number of esters is 1. The first kappa shape index (κ1) is 23.1. The molecule has 0 saturated heterocycles. The van der Waals surface area contributed by atoms with Crippen LogP contribution in [0.3, 0.4) is 0 Å². The number of Topliss-reactive ketones (excluding diaryl/α,β-unsaturated/α-hetero) is 1. The van der Waals surface area contributed by atoms with Crippen molar-refractivity contribution in [3.63, 3.8) is 0 Å². The molecule has 0 atom stereocenters. The minimum Gasteiger partial charge on any atom is -0.457 e. The van der Waals surface area contributed by atoms with Crippen LogP contribution in [0, 0.1) is 6.92 Å². The normalized spacial score (nSPS) is 11.3. The molecule has 2 aromatic rings. The lowest BCUT2D eigenvalue weighted by atomic mass is 10.2. The summed E-state index contributed by atoms with van der Waals surface area (Å²) in [5.74, 6) is -2.62. The number of aromatic nitrogens is 2. The molecule has 3 N–H and O–H groups in total. The van der Waals surface area contributed by atoms with E-state index in [0.717, 1.165) is 10.1 Å². The SMILES string of the molecule is CCCn1c(N)c(C(=O)COC(=O)CCS(=O)(=O)c2ccc(C)cc2)c(=O)[nH]c1=O. The van der Waals surface area contributed by atoms with E-state index >= 15 is 0 Å². The molecule has 10 nitrogen and oxygen atoms in total. The molecule has 0 aliphatic heterocycles. The number of hydrogen-bond acceptors (Lipinski definition) is 8. The fraction of sp³-hybridized carbons (Fsp3) is 0.368. The third-order valence-electron chi connectivity index (χ3n) is 4.28. The maximum absolute atomic E-state index is 12.3. The summed E-state index contributed by atoms with van der Waals surface area (Å²) in [6.07, 6.45) is 0.0683. The quantitative estimate of drug-likeness (QED) is 0.422. The number of aryl methyl sites for hydroxylation is 1. The van der Waals surface area contributed by atoms with Crippen LogP contribution in [0.1, 0.15) is 35.7 Å². The van der Waals surface area contributed by atoms with E-state index in [2.05, 4.69) is 0 Å². The van der Waals surface area contributed by atoms with E-state index in [9.17, 15) is 27.6 Å². The number of nitrogens with zero attached hydrogens (tertiary/aromatic N) is 1. The van der Waals surface area contributed by atoms with Crippen LogP contribution in [0.25, 0.3) is 0 Å². The van der Waals surface area contributed by atoms with Gasteiger partial charge >= 0.3 is 11.7 Å². The van der Waals surface area contributed by atoms with Gasteiger partial charge in [-0.2, -0.15) is 0 Å².